The van der Waals surface area contributed by atoms with Crippen LogP contribution in [0.15, 0.2) is 18.2 Å². The summed E-state index contributed by atoms with van der Waals surface area (Å²) < 4.78 is 5.30. The number of fused-ring (bicyclic) bond motifs is 1. The maximum Gasteiger partial charge on any atom is 0.259 e. The quantitative estimate of drug-likeness (QED) is 0.740. The maximum atomic E-state index is 12.3. The van der Waals surface area contributed by atoms with Crippen LogP contribution in [-0.4, -0.2) is 45.1 Å². The van der Waals surface area contributed by atoms with Crippen LogP contribution in [0.25, 0.3) is 0 Å². The summed E-state index contributed by atoms with van der Waals surface area (Å²) in [5.41, 5.74) is 1.61. The van der Waals surface area contributed by atoms with Gasteiger partial charge in [-0.25, -0.2) is 0 Å². The van der Waals surface area contributed by atoms with Crippen molar-refractivity contribution in [3.8, 4) is 5.75 Å². The number of nitrogens with zero attached hydrogens (tertiary/aromatic N) is 2. The minimum Gasteiger partial charge on any atom is -0.496 e. The topological polar surface area (TPSA) is 32.8 Å². The molecule has 0 aliphatic carbocycles. The minimum atomic E-state index is 0.0315. The summed E-state index contributed by atoms with van der Waals surface area (Å²) in [5, 5.41) is 0. The van der Waals surface area contributed by atoms with Gasteiger partial charge in [0.1, 0.15) is 11.3 Å². The van der Waals surface area contributed by atoms with E-state index in [1.54, 1.807) is 12.0 Å². The molecule has 0 saturated carbocycles. The molecule has 92 valence electrons. The molecule has 0 spiro atoms. The summed E-state index contributed by atoms with van der Waals surface area (Å²) in [4.78, 5) is 16.2. The van der Waals surface area contributed by atoms with Gasteiger partial charge in [-0.05, 0) is 18.6 Å². The second kappa shape index (κ2) is 4.65. The standard InChI is InChI=1S/C13H18N2O2/c1-14-8-5-9-15(2)13(16)12-10(14)6-4-7-11(12)17-3/h4,6-7H,5,8-9H2,1-3H3. The molecule has 1 aromatic carbocycles. The molecule has 0 atom stereocenters. The van der Waals surface area contributed by atoms with Crippen LogP contribution in [0.1, 0.15) is 16.8 Å². The summed E-state index contributed by atoms with van der Waals surface area (Å²) >= 11 is 0. The number of anilines is 1. The Bertz CT molecular complexity index is 431. The number of amides is 1. The molecular formula is C13H18N2O2. The first-order valence-electron chi connectivity index (χ1n) is 5.78. The Hall–Kier alpha value is -1.71. The zero-order valence-corrected chi connectivity index (χ0v) is 10.6. The fraction of sp³-hybridized carbons (Fsp3) is 0.462. The van der Waals surface area contributed by atoms with Gasteiger partial charge in [-0.1, -0.05) is 6.07 Å². The van der Waals surface area contributed by atoms with Gasteiger partial charge in [0.15, 0.2) is 0 Å². The van der Waals surface area contributed by atoms with E-state index in [4.69, 9.17) is 4.74 Å². The molecule has 2 rings (SSSR count). The number of methoxy groups -OCH3 is 1. The molecule has 1 aliphatic rings. The lowest BCUT2D eigenvalue weighted by molar-refractivity contribution is 0.0788. The summed E-state index contributed by atoms with van der Waals surface area (Å²) in [6.45, 7) is 1.72. The van der Waals surface area contributed by atoms with Crippen LogP contribution in [0.4, 0.5) is 5.69 Å². The van der Waals surface area contributed by atoms with E-state index in [1.807, 2.05) is 32.3 Å². The predicted octanol–water partition coefficient (Wildman–Crippen LogP) is 1.61. The monoisotopic (exact) mass is 234 g/mol. The lowest BCUT2D eigenvalue weighted by atomic mass is 10.1. The molecule has 0 unspecified atom stereocenters. The first-order valence-corrected chi connectivity index (χ1v) is 5.78. The molecule has 0 saturated heterocycles. The van der Waals surface area contributed by atoms with Crippen LogP contribution in [0, 0.1) is 0 Å². The van der Waals surface area contributed by atoms with Gasteiger partial charge in [-0.2, -0.15) is 0 Å². The average molecular weight is 234 g/mol. The zero-order chi connectivity index (χ0) is 12.4. The van der Waals surface area contributed by atoms with E-state index in [-0.39, 0.29) is 5.91 Å². The SMILES string of the molecule is COc1cccc2c1C(=O)N(C)CCCN2C. The number of hydrogen-bond donors (Lipinski definition) is 0. The number of carbonyl (C=O) groups is 1. The van der Waals surface area contributed by atoms with Crippen molar-refractivity contribution in [2.75, 3.05) is 39.2 Å². The molecule has 4 heteroatoms. The molecule has 0 aromatic heterocycles. The predicted molar refractivity (Wildman–Crippen MR) is 67.8 cm³/mol. The van der Waals surface area contributed by atoms with E-state index in [9.17, 15) is 4.79 Å². The van der Waals surface area contributed by atoms with Crippen molar-refractivity contribution in [1.29, 1.82) is 0 Å². The summed E-state index contributed by atoms with van der Waals surface area (Å²) in [7, 11) is 5.45. The highest BCUT2D eigenvalue weighted by Crippen LogP contribution is 2.31. The van der Waals surface area contributed by atoms with Crippen LogP contribution in [0.2, 0.25) is 0 Å². The number of ether oxygens (including phenoxy) is 1. The van der Waals surface area contributed by atoms with Crippen LogP contribution < -0.4 is 9.64 Å². The van der Waals surface area contributed by atoms with Gasteiger partial charge >= 0.3 is 0 Å². The molecule has 0 N–H and O–H groups in total. The van der Waals surface area contributed by atoms with Gasteiger partial charge in [-0.3, -0.25) is 4.79 Å². The normalized spacial score (nSPS) is 16.3. The van der Waals surface area contributed by atoms with Crippen molar-refractivity contribution >= 4 is 11.6 Å². The van der Waals surface area contributed by atoms with Gasteiger partial charge in [0.25, 0.3) is 5.91 Å². The molecule has 0 fully saturated rings. The number of hydrogen-bond acceptors (Lipinski definition) is 3. The third-order valence-corrected chi connectivity index (χ3v) is 3.18. The number of rotatable bonds is 1. The highest BCUT2D eigenvalue weighted by Gasteiger charge is 2.24. The van der Waals surface area contributed by atoms with Crippen LogP contribution in [-0.2, 0) is 0 Å². The highest BCUT2D eigenvalue weighted by molar-refractivity contribution is 6.02. The fourth-order valence-electron chi connectivity index (χ4n) is 2.18. The molecule has 0 bridgehead atoms. The van der Waals surface area contributed by atoms with Gasteiger partial charge in [0, 0.05) is 27.2 Å². The number of benzene rings is 1. The summed E-state index contributed by atoms with van der Waals surface area (Å²) in [6.07, 6.45) is 0.982. The maximum absolute atomic E-state index is 12.3. The third kappa shape index (κ3) is 2.07. The van der Waals surface area contributed by atoms with E-state index in [0.29, 0.717) is 11.3 Å². The van der Waals surface area contributed by atoms with E-state index >= 15 is 0 Å². The zero-order valence-electron chi connectivity index (χ0n) is 10.6. The van der Waals surface area contributed by atoms with Gasteiger partial charge in [0.05, 0.1) is 12.8 Å². The molecule has 0 radical (unpaired) electrons. The van der Waals surface area contributed by atoms with Gasteiger partial charge in [-0.15, -0.1) is 0 Å². The number of carbonyl (C=O) groups excluding carboxylic acids is 1. The molecule has 1 aromatic rings. The Morgan fingerprint density at radius 2 is 1.88 bits per heavy atom. The average Bonchev–Trinajstić information content (AvgIpc) is 2.35. The van der Waals surface area contributed by atoms with E-state index in [2.05, 4.69) is 4.90 Å². The Labute approximate surface area is 102 Å². The molecule has 1 heterocycles. The Kier molecular flexibility index (Phi) is 3.22. The molecule has 1 amide bonds. The summed E-state index contributed by atoms with van der Waals surface area (Å²) in [5.74, 6) is 0.678. The van der Waals surface area contributed by atoms with E-state index in [0.717, 1.165) is 25.2 Å². The lowest BCUT2D eigenvalue weighted by Crippen LogP contribution is -2.35. The molecule has 1 aliphatic heterocycles. The smallest absolute Gasteiger partial charge is 0.259 e. The molecular weight excluding hydrogens is 216 g/mol. The van der Waals surface area contributed by atoms with Gasteiger partial charge < -0.3 is 14.5 Å². The first kappa shape index (κ1) is 11.8. The van der Waals surface area contributed by atoms with E-state index in [1.165, 1.54) is 0 Å². The van der Waals surface area contributed by atoms with E-state index < -0.39 is 0 Å². The lowest BCUT2D eigenvalue weighted by Gasteiger charge is -2.29. The summed E-state index contributed by atoms with van der Waals surface area (Å²) in [6, 6.07) is 5.72. The Morgan fingerprint density at radius 3 is 2.59 bits per heavy atom. The molecule has 17 heavy (non-hydrogen) atoms. The first-order chi connectivity index (χ1) is 8.15. The van der Waals surface area contributed by atoms with Crippen molar-refractivity contribution in [1.82, 2.24) is 4.90 Å². The van der Waals surface area contributed by atoms with Crippen LogP contribution >= 0.6 is 0 Å². The fourth-order valence-corrected chi connectivity index (χ4v) is 2.18. The highest BCUT2D eigenvalue weighted by atomic mass is 16.5. The minimum absolute atomic E-state index is 0.0315. The van der Waals surface area contributed by atoms with Crippen LogP contribution in [0.3, 0.4) is 0 Å². The largest absolute Gasteiger partial charge is 0.496 e. The Balaban J connectivity index is 2.57. The van der Waals surface area contributed by atoms with Crippen molar-refractivity contribution in [2.24, 2.45) is 0 Å². The molecule has 4 nitrogen and oxygen atoms in total. The van der Waals surface area contributed by atoms with Gasteiger partial charge in [0.2, 0.25) is 0 Å². The second-order valence-electron chi connectivity index (χ2n) is 4.36. The second-order valence-corrected chi connectivity index (χ2v) is 4.36. The Morgan fingerprint density at radius 1 is 1.18 bits per heavy atom. The third-order valence-electron chi connectivity index (χ3n) is 3.18. The van der Waals surface area contributed by atoms with Crippen molar-refractivity contribution in [3.05, 3.63) is 23.8 Å². The van der Waals surface area contributed by atoms with Crippen LogP contribution in [0.5, 0.6) is 5.75 Å². The van der Waals surface area contributed by atoms with Crippen molar-refractivity contribution in [2.45, 2.75) is 6.42 Å². The van der Waals surface area contributed by atoms with Crippen molar-refractivity contribution < 1.29 is 9.53 Å². The van der Waals surface area contributed by atoms with Crippen molar-refractivity contribution in [3.63, 3.8) is 0 Å².